The summed E-state index contributed by atoms with van der Waals surface area (Å²) in [7, 11) is 0. The molecule has 0 bridgehead atoms. The quantitative estimate of drug-likeness (QED) is 0.691. The van der Waals surface area contributed by atoms with Gasteiger partial charge in [-0.3, -0.25) is 0 Å². The molecular weight excluding hydrogens is 294 g/mol. The second-order valence-corrected chi connectivity index (χ2v) is 33.0. The number of nitrogens with one attached hydrogen (secondary N) is 1. The van der Waals surface area contributed by atoms with Crippen molar-refractivity contribution in [2.75, 3.05) is 0 Å². The molecule has 0 aromatic heterocycles. The van der Waals surface area contributed by atoms with Crippen molar-refractivity contribution in [3.63, 3.8) is 0 Å². The van der Waals surface area contributed by atoms with Gasteiger partial charge in [-0.1, -0.05) is 0 Å². The van der Waals surface area contributed by atoms with Crippen LogP contribution in [-0.2, 0) is 14.8 Å². The number of rotatable bonds is 3. The zero-order valence-electron chi connectivity index (χ0n) is 15.7. The Morgan fingerprint density at radius 1 is 1.00 bits per heavy atom. The van der Waals surface area contributed by atoms with Gasteiger partial charge in [-0.05, 0) is 0 Å². The summed E-state index contributed by atoms with van der Waals surface area (Å²) in [6.07, 6.45) is 0. The molecule has 117 valence electrons. The van der Waals surface area contributed by atoms with Crippen LogP contribution in [0.2, 0.25) is 23.6 Å². The molecular formula is C17H36NSiTi. The Morgan fingerprint density at radius 3 is 1.70 bits per heavy atom. The van der Waals surface area contributed by atoms with Gasteiger partial charge in [-0.2, -0.15) is 0 Å². The van der Waals surface area contributed by atoms with Gasteiger partial charge in [0, 0.05) is 0 Å². The third-order valence-corrected chi connectivity index (χ3v) is 33.8. The molecule has 20 heavy (non-hydrogen) atoms. The van der Waals surface area contributed by atoms with E-state index in [1.54, 1.807) is 16.7 Å². The number of allylic oxidation sites excluding steroid dienone is 4. The molecule has 0 saturated carbocycles. The number of hydrogen-bond donors (Lipinski definition) is 1. The van der Waals surface area contributed by atoms with E-state index >= 15 is 0 Å². The zero-order valence-corrected chi connectivity index (χ0v) is 18.4. The molecule has 0 saturated heterocycles. The van der Waals surface area contributed by atoms with Gasteiger partial charge in [0.1, 0.15) is 0 Å². The fourth-order valence-corrected chi connectivity index (χ4v) is 21.5. The van der Waals surface area contributed by atoms with Crippen LogP contribution in [0.25, 0.3) is 0 Å². The molecule has 0 heterocycles. The van der Waals surface area contributed by atoms with Gasteiger partial charge in [0.05, 0.1) is 0 Å². The van der Waals surface area contributed by atoms with Crippen molar-refractivity contribution in [2.24, 2.45) is 5.92 Å². The van der Waals surface area contributed by atoms with Crippen molar-refractivity contribution in [2.45, 2.75) is 77.6 Å². The maximum absolute atomic E-state index is 4.22. The first-order chi connectivity index (χ1) is 8.71. The predicted octanol–water partition coefficient (Wildman–Crippen LogP) is 5.32. The van der Waals surface area contributed by atoms with E-state index in [0.717, 1.165) is 0 Å². The Bertz CT molecular complexity index is 478. The zero-order chi connectivity index (χ0) is 16.1. The maximum atomic E-state index is 4.22. The summed E-state index contributed by atoms with van der Waals surface area (Å²) in [5.41, 5.74) is 4.96. The topological polar surface area (TPSA) is 12.0 Å². The first-order valence-corrected chi connectivity index (χ1v) is 18.4. The molecule has 1 rings (SSSR count). The summed E-state index contributed by atoms with van der Waals surface area (Å²) in [6.45, 7) is 20.8. The molecule has 0 aliphatic heterocycles. The van der Waals surface area contributed by atoms with E-state index in [-0.39, 0.29) is 5.54 Å². The Labute approximate surface area is 129 Å². The molecule has 1 nitrogen and oxygen atoms in total. The Morgan fingerprint density at radius 2 is 1.45 bits per heavy atom. The van der Waals surface area contributed by atoms with Gasteiger partial charge >= 0.3 is 129 Å². The van der Waals surface area contributed by atoms with Crippen molar-refractivity contribution in [3.05, 3.63) is 20.6 Å². The molecule has 1 aliphatic rings. The van der Waals surface area contributed by atoms with Crippen LogP contribution in [0.4, 0.5) is 0 Å². The molecule has 0 radical (unpaired) electrons. The molecule has 0 amide bonds. The standard InChI is InChI=1S/C9H13.C4H10N.C2H7Si.2CH3.Ti/c1-6-5-7(2)9(4)8(6)3;1-4(2,3)5;1-3-2;;;/h6H,1-4H3;5H,1-3H3;3H,1-2H3;2*1H3;/q;-1;;;;+1. The van der Waals surface area contributed by atoms with Crippen molar-refractivity contribution in [1.82, 2.24) is 3.80 Å². The van der Waals surface area contributed by atoms with Crippen molar-refractivity contribution >= 4 is 6.66 Å². The van der Waals surface area contributed by atoms with Crippen LogP contribution in [-0.4, -0.2) is 12.2 Å². The second-order valence-electron chi connectivity index (χ2n) is 9.09. The normalized spacial score (nSPS) is 23.6. The fourth-order valence-electron chi connectivity index (χ4n) is 4.28. The van der Waals surface area contributed by atoms with Crippen LogP contribution in [0, 0.1) is 5.92 Å². The van der Waals surface area contributed by atoms with Gasteiger partial charge in [-0.15, -0.1) is 0 Å². The van der Waals surface area contributed by atoms with E-state index < -0.39 is 21.5 Å². The van der Waals surface area contributed by atoms with E-state index in [1.807, 2.05) is 3.88 Å². The molecule has 0 aromatic rings. The van der Waals surface area contributed by atoms with Gasteiger partial charge in [0.15, 0.2) is 0 Å². The van der Waals surface area contributed by atoms with Crippen molar-refractivity contribution < 1.29 is 14.8 Å². The SMILES string of the molecule is CC1=C(C)C(C)[C]([Ti]([CH3])([CH3])([NH]C(C)(C)C)[SiH](C)C)=C1C. The minimum atomic E-state index is -2.82. The van der Waals surface area contributed by atoms with Crippen LogP contribution in [0.3, 0.4) is 0 Å². The van der Waals surface area contributed by atoms with Gasteiger partial charge < -0.3 is 0 Å². The second kappa shape index (κ2) is 5.23. The van der Waals surface area contributed by atoms with Gasteiger partial charge in [0.25, 0.3) is 0 Å². The number of hydrogen-bond acceptors (Lipinski definition) is 1. The van der Waals surface area contributed by atoms with E-state index in [9.17, 15) is 0 Å². The molecule has 0 fully saturated rings. The van der Waals surface area contributed by atoms with E-state index in [4.69, 9.17) is 0 Å². The predicted molar refractivity (Wildman–Crippen MR) is 93.7 cm³/mol. The van der Waals surface area contributed by atoms with E-state index in [1.165, 1.54) is 0 Å². The summed E-state index contributed by atoms with van der Waals surface area (Å²) in [5.74, 6) is 0.645. The minimum absolute atomic E-state index is 0.204. The van der Waals surface area contributed by atoms with Gasteiger partial charge in [-0.25, -0.2) is 0 Å². The third-order valence-electron chi connectivity index (χ3n) is 5.96. The molecule has 3 heteroatoms. The molecule has 1 unspecified atom stereocenters. The van der Waals surface area contributed by atoms with Crippen LogP contribution < -0.4 is 3.80 Å². The average molecular weight is 330 g/mol. The Balaban J connectivity index is 3.52. The third kappa shape index (κ3) is 2.95. The molecule has 1 N–H and O–H groups in total. The van der Waals surface area contributed by atoms with Crippen LogP contribution in [0.15, 0.2) is 20.6 Å². The van der Waals surface area contributed by atoms with Gasteiger partial charge in [0.2, 0.25) is 0 Å². The molecule has 1 atom stereocenters. The fraction of sp³-hybridized carbons (Fsp3) is 0.765. The summed E-state index contributed by atoms with van der Waals surface area (Å²) in [4.78, 5) is 0. The molecule has 1 aliphatic carbocycles. The summed E-state index contributed by atoms with van der Waals surface area (Å²) >= 11 is -2.82. The first kappa shape index (κ1) is 18.4. The summed E-state index contributed by atoms with van der Waals surface area (Å²) in [6, 6.07) is 0. The van der Waals surface area contributed by atoms with Crippen molar-refractivity contribution in [3.8, 4) is 0 Å². The van der Waals surface area contributed by atoms with E-state index in [0.29, 0.717) is 5.92 Å². The summed E-state index contributed by atoms with van der Waals surface area (Å²) in [5, 5.41) is 5.31. The molecule has 0 aromatic carbocycles. The first-order valence-electron chi connectivity index (χ1n) is 8.10. The average Bonchev–Trinajstić information content (AvgIpc) is 2.40. The van der Waals surface area contributed by atoms with Crippen LogP contribution >= 0.6 is 0 Å². The Kier molecular flexibility index (Phi) is 4.81. The monoisotopic (exact) mass is 330 g/mol. The van der Waals surface area contributed by atoms with Crippen LogP contribution in [0.1, 0.15) is 48.5 Å². The van der Waals surface area contributed by atoms with Crippen molar-refractivity contribution in [1.29, 1.82) is 0 Å². The Hall–Kier alpha value is 0.371. The van der Waals surface area contributed by atoms with Crippen LogP contribution in [0.5, 0.6) is 0 Å². The molecule has 0 spiro atoms. The van der Waals surface area contributed by atoms with E-state index in [2.05, 4.69) is 75.8 Å². The summed E-state index contributed by atoms with van der Waals surface area (Å²) < 4.78 is 6.05.